The fourth-order valence-electron chi connectivity index (χ4n) is 11.4. The van der Waals surface area contributed by atoms with Crippen molar-refractivity contribution in [1.82, 2.24) is 0 Å². The molecular formula is C73H140O5. The zero-order valence-electron chi connectivity index (χ0n) is 53.2. The molecule has 0 aliphatic heterocycles. The first kappa shape index (κ1) is 76.4. The summed E-state index contributed by atoms with van der Waals surface area (Å²) in [7, 11) is 0. The van der Waals surface area contributed by atoms with E-state index >= 15 is 0 Å². The lowest BCUT2D eigenvalue weighted by Gasteiger charge is -2.15. The summed E-state index contributed by atoms with van der Waals surface area (Å²) < 4.78 is 10.8. The topological polar surface area (TPSA) is 72.8 Å². The van der Waals surface area contributed by atoms with Crippen molar-refractivity contribution in [1.29, 1.82) is 0 Å². The minimum Gasteiger partial charge on any atom is -0.462 e. The summed E-state index contributed by atoms with van der Waals surface area (Å²) in [6, 6.07) is 0. The fraction of sp³-hybridized carbons (Fsp3) is 0.918. The number of unbranched alkanes of at least 4 members (excludes halogenated alkanes) is 56. The van der Waals surface area contributed by atoms with Crippen molar-refractivity contribution in [3.8, 4) is 0 Å². The van der Waals surface area contributed by atoms with Crippen molar-refractivity contribution >= 4 is 11.9 Å². The molecule has 1 N–H and O–H groups in total. The molecule has 5 heteroatoms. The number of esters is 2. The van der Waals surface area contributed by atoms with Crippen LogP contribution in [0.15, 0.2) is 24.3 Å². The number of aliphatic hydroxyl groups excluding tert-OH is 1. The lowest BCUT2D eigenvalue weighted by Crippen LogP contribution is -2.28. The first-order valence-corrected chi connectivity index (χ1v) is 35.9. The average Bonchev–Trinajstić information content (AvgIpc) is 3.44. The van der Waals surface area contributed by atoms with Gasteiger partial charge in [0.15, 0.2) is 6.10 Å². The van der Waals surface area contributed by atoms with Gasteiger partial charge < -0.3 is 14.6 Å². The van der Waals surface area contributed by atoms with Gasteiger partial charge in [-0.25, -0.2) is 0 Å². The predicted octanol–water partition coefficient (Wildman–Crippen LogP) is 24.8. The summed E-state index contributed by atoms with van der Waals surface area (Å²) in [5.74, 6) is -0.561. The van der Waals surface area contributed by atoms with Gasteiger partial charge in [0.1, 0.15) is 6.61 Å². The molecule has 1 unspecified atom stereocenters. The highest BCUT2D eigenvalue weighted by molar-refractivity contribution is 5.70. The quantitative estimate of drug-likeness (QED) is 0.0373. The van der Waals surface area contributed by atoms with Crippen LogP contribution >= 0.6 is 0 Å². The van der Waals surface area contributed by atoms with E-state index in [1.165, 1.54) is 347 Å². The molecule has 0 rings (SSSR count). The van der Waals surface area contributed by atoms with E-state index in [9.17, 15) is 14.7 Å². The molecule has 0 aliphatic rings. The Labute approximate surface area is 489 Å². The van der Waals surface area contributed by atoms with Gasteiger partial charge in [-0.2, -0.15) is 0 Å². The second kappa shape index (κ2) is 69.6. The number of allylic oxidation sites excluding steroid dienone is 4. The highest BCUT2D eigenvalue weighted by Gasteiger charge is 2.16. The van der Waals surface area contributed by atoms with E-state index in [1.807, 2.05) is 0 Å². The van der Waals surface area contributed by atoms with Crippen LogP contribution in [0.25, 0.3) is 0 Å². The molecule has 462 valence electrons. The third kappa shape index (κ3) is 66.9. The molecule has 0 spiro atoms. The fourth-order valence-corrected chi connectivity index (χ4v) is 11.4. The molecule has 0 heterocycles. The van der Waals surface area contributed by atoms with Crippen LogP contribution in [0.2, 0.25) is 0 Å². The summed E-state index contributed by atoms with van der Waals surface area (Å²) in [5, 5.41) is 9.71. The van der Waals surface area contributed by atoms with Crippen LogP contribution in [0.1, 0.15) is 412 Å². The molecule has 0 amide bonds. The first-order chi connectivity index (χ1) is 38.6. The van der Waals surface area contributed by atoms with E-state index in [4.69, 9.17) is 9.47 Å². The van der Waals surface area contributed by atoms with E-state index in [2.05, 4.69) is 38.2 Å². The Bertz CT molecular complexity index is 1200. The Morgan fingerprint density at radius 1 is 0.295 bits per heavy atom. The van der Waals surface area contributed by atoms with Gasteiger partial charge in [0.25, 0.3) is 0 Å². The average molecular weight is 1100 g/mol. The molecule has 0 saturated carbocycles. The molecule has 0 bridgehead atoms. The molecule has 0 aliphatic carbocycles. The van der Waals surface area contributed by atoms with Crippen LogP contribution in [0.3, 0.4) is 0 Å². The van der Waals surface area contributed by atoms with Crippen molar-refractivity contribution in [3.63, 3.8) is 0 Å². The summed E-state index contributed by atoms with van der Waals surface area (Å²) in [6.07, 6.45) is 90.9. The van der Waals surface area contributed by atoms with Gasteiger partial charge in [-0.05, 0) is 44.9 Å². The second-order valence-corrected chi connectivity index (χ2v) is 24.7. The van der Waals surface area contributed by atoms with E-state index in [-0.39, 0.29) is 25.2 Å². The maximum Gasteiger partial charge on any atom is 0.306 e. The molecule has 0 aromatic heterocycles. The van der Waals surface area contributed by atoms with Crippen molar-refractivity contribution in [2.24, 2.45) is 0 Å². The van der Waals surface area contributed by atoms with Crippen molar-refractivity contribution in [2.75, 3.05) is 13.2 Å². The molecule has 78 heavy (non-hydrogen) atoms. The summed E-state index contributed by atoms with van der Waals surface area (Å²) in [4.78, 5) is 24.7. The number of hydrogen-bond donors (Lipinski definition) is 1. The van der Waals surface area contributed by atoms with Gasteiger partial charge >= 0.3 is 11.9 Å². The Morgan fingerprint density at radius 2 is 0.513 bits per heavy atom. The minimum atomic E-state index is -0.768. The third-order valence-electron chi connectivity index (χ3n) is 16.7. The molecule has 0 radical (unpaired) electrons. The second-order valence-electron chi connectivity index (χ2n) is 24.7. The Morgan fingerprint density at radius 3 is 0.756 bits per heavy atom. The van der Waals surface area contributed by atoms with E-state index < -0.39 is 6.10 Å². The molecule has 0 fully saturated rings. The van der Waals surface area contributed by atoms with Crippen LogP contribution in [0.5, 0.6) is 0 Å². The summed E-state index contributed by atoms with van der Waals surface area (Å²) in [5.41, 5.74) is 0. The summed E-state index contributed by atoms with van der Waals surface area (Å²) in [6.45, 7) is 4.20. The maximum absolute atomic E-state index is 12.4. The highest BCUT2D eigenvalue weighted by Crippen LogP contribution is 2.19. The number of ether oxygens (including phenoxy) is 2. The van der Waals surface area contributed by atoms with Crippen molar-refractivity contribution < 1.29 is 24.2 Å². The Hall–Kier alpha value is -1.62. The Balaban J connectivity index is 3.37. The standard InChI is InChI=1S/C73H140O5/c1-3-5-7-9-11-13-15-17-19-21-23-25-27-29-31-33-34-35-36-37-38-40-42-44-46-48-50-52-54-56-58-60-62-64-66-68-73(76)78-71(69-74)70-77-72(75)67-65-63-61-59-57-55-53-51-49-47-45-43-41-39-32-30-28-26-24-22-20-18-16-14-12-10-8-6-4-2/h15,17,21,23,71,74H,3-14,16,18-20,22,24-70H2,1-2H3/b17-15-,23-21-. The molecule has 5 nitrogen and oxygen atoms in total. The monoisotopic (exact) mass is 1100 g/mol. The molecule has 0 aromatic rings. The zero-order valence-corrected chi connectivity index (χ0v) is 53.2. The molecule has 1 atom stereocenters. The van der Waals surface area contributed by atoms with Crippen LogP contribution in [-0.4, -0.2) is 36.4 Å². The SMILES string of the molecule is CCCCCCC/C=C\C/C=C\CCCCCCCCCCCCCCCCCCCCCCCCCC(=O)OC(CO)COC(=O)CCCCCCCCCCCCCCCCCCCCCCCCCCCCCCC. The minimum absolute atomic E-state index is 0.0572. The van der Waals surface area contributed by atoms with Crippen LogP contribution in [-0.2, 0) is 19.1 Å². The summed E-state index contributed by atoms with van der Waals surface area (Å²) >= 11 is 0. The third-order valence-corrected chi connectivity index (χ3v) is 16.7. The van der Waals surface area contributed by atoms with Crippen molar-refractivity contribution in [2.45, 2.75) is 418 Å². The molecular weight excluding hydrogens is 957 g/mol. The lowest BCUT2D eigenvalue weighted by atomic mass is 10.0. The van der Waals surface area contributed by atoms with Gasteiger partial charge in [-0.1, -0.05) is 378 Å². The van der Waals surface area contributed by atoms with E-state index in [1.54, 1.807) is 0 Å². The lowest BCUT2D eigenvalue weighted by molar-refractivity contribution is -0.161. The number of hydrogen-bond acceptors (Lipinski definition) is 5. The van der Waals surface area contributed by atoms with Crippen LogP contribution in [0, 0.1) is 0 Å². The van der Waals surface area contributed by atoms with E-state index in [0.29, 0.717) is 12.8 Å². The van der Waals surface area contributed by atoms with Crippen LogP contribution in [0.4, 0.5) is 0 Å². The maximum atomic E-state index is 12.4. The first-order valence-electron chi connectivity index (χ1n) is 35.9. The smallest absolute Gasteiger partial charge is 0.306 e. The van der Waals surface area contributed by atoms with Gasteiger partial charge in [-0.3, -0.25) is 9.59 Å². The normalized spacial score (nSPS) is 12.2. The largest absolute Gasteiger partial charge is 0.462 e. The van der Waals surface area contributed by atoms with Gasteiger partial charge in [0.2, 0.25) is 0 Å². The number of carbonyl (C=O) groups is 2. The number of carbonyl (C=O) groups excluding carboxylic acids is 2. The van der Waals surface area contributed by atoms with Crippen molar-refractivity contribution in [3.05, 3.63) is 24.3 Å². The highest BCUT2D eigenvalue weighted by atomic mass is 16.6. The predicted molar refractivity (Wildman–Crippen MR) is 344 cm³/mol. The van der Waals surface area contributed by atoms with E-state index in [0.717, 1.165) is 38.5 Å². The number of aliphatic hydroxyl groups is 1. The van der Waals surface area contributed by atoms with Gasteiger partial charge in [0, 0.05) is 12.8 Å². The molecule has 0 aromatic carbocycles. The van der Waals surface area contributed by atoms with Crippen LogP contribution < -0.4 is 0 Å². The zero-order chi connectivity index (χ0) is 56.2. The molecule has 0 saturated heterocycles. The van der Waals surface area contributed by atoms with Gasteiger partial charge in [0.05, 0.1) is 6.61 Å². The Kier molecular flexibility index (Phi) is 68.2. The number of rotatable bonds is 68. The van der Waals surface area contributed by atoms with Gasteiger partial charge in [-0.15, -0.1) is 0 Å².